The Hall–Kier alpha value is -1.88. The van der Waals surface area contributed by atoms with Crippen LogP contribution in [0.1, 0.15) is 17.5 Å². The molecule has 18 heavy (non-hydrogen) atoms. The molecule has 0 radical (unpaired) electrons. The molecule has 3 N–H and O–H groups in total. The zero-order valence-electron chi connectivity index (χ0n) is 10.6. The predicted molar refractivity (Wildman–Crippen MR) is 70.6 cm³/mol. The quantitative estimate of drug-likeness (QED) is 0.775. The average Bonchev–Trinajstić information content (AvgIpc) is 2.46. The van der Waals surface area contributed by atoms with Crippen molar-refractivity contribution in [2.45, 2.75) is 20.3 Å². The van der Waals surface area contributed by atoms with E-state index in [-0.39, 0.29) is 18.4 Å². The van der Waals surface area contributed by atoms with Crippen molar-refractivity contribution < 1.29 is 9.59 Å². The van der Waals surface area contributed by atoms with Gasteiger partial charge in [-0.25, -0.2) is 0 Å². The molecule has 0 saturated heterocycles. The number of rotatable bonds is 1. The van der Waals surface area contributed by atoms with Gasteiger partial charge in [0.2, 0.25) is 11.8 Å². The van der Waals surface area contributed by atoms with E-state index in [1.54, 1.807) is 4.90 Å². The van der Waals surface area contributed by atoms with Crippen molar-refractivity contribution in [2.24, 2.45) is 5.73 Å². The van der Waals surface area contributed by atoms with Crippen molar-refractivity contribution in [3.8, 4) is 0 Å². The van der Waals surface area contributed by atoms with Crippen molar-refractivity contribution in [3.63, 3.8) is 0 Å². The molecule has 0 saturated carbocycles. The van der Waals surface area contributed by atoms with Gasteiger partial charge in [0.15, 0.2) is 0 Å². The molecule has 0 fully saturated rings. The van der Waals surface area contributed by atoms with Crippen LogP contribution >= 0.6 is 0 Å². The lowest BCUT2D eigenvalue weighted by molar-refractivity contribution is -0.117. The Balaban J connectivity index is 2.56. The zero-order chi connectivity index (χ0) is 13.3. The summed E-state index contributed by atoms with van der Waals surface area (Å²) in [7, 11) is 0. The predicted octanol–water partition coefficient (Wildman–Crippen LogP) is 0.937. The number of nitrogens with two attached hydrogens (primary N) is 1. The smallest absolute Gasteiger partial charge is 0.240 e. The lowest BCUT2D eigenvalue weighted by Gasteiger charge is -2.24. The summed E-state index contributed by atoms with van der Waals surface area (Å²) in [6.07, 6.45) is 0.291. The van der Waals surface area contributed by atoms with E-state index in [9.17, 15) is 9.59 Å². The lowest BCUT2D eigenvalue weighted by Crippen LogP contribution is -2.37. The summed E-state index contributed by atoms with van der Waals surface area (Å²) in [4.78, 5) is 25.1. The van der Waals surface area contributed by atoms with Crippen LogP contribution in [0.4, 0.5) is 11.4 Å². The molecular formula is C13H17N3O2. The minimum atomic E-state index is -0.167. The van der Waals surface area contributed by atoms with Gasteiger partial charge in [-0.1, -0.05) is 6.07 Å². The van der Waals surface area contributed by atoms with Crippen LogP contribution in [-0.4, -0.2) is 24.9 Å². The summed E-state index contributed by atoms with van der Waals surface area (Å²) in [6.45, 7) is 4.21. The molecule has 2 amide bonds. The summed E-state index contributed by atoms with van der Waals surface area (Å²) in [5, 5.41) is 2.84. The standard InChI is InChI=1S/C13H17N3O2/c1-8-5-9(2)13-10(6-8)15-11(17)3-4-16(13)12(18)7-14/h5-6H,3-4,7,14H2,1-2H3,(H,15,17). The highest BCUT2D eigenvalue weighted by Crippen LogP contribution is 2.33. The van der Waals surface area contributed by atoms with Crippen LogP contribution in [0.15, 0.2) is 12.1 Å². The fourth-order valence-corrected chi connectivity index (χ4v) is 2.31. The fraction of sp³-hybridized carbons (Fsp3) is 0.385. The van der Waals surface area contributed by atoms with E-state index in [0.717, 1.165) is 16.8 Å². The highest BCUT2D eigenvalue weighted by Gasteiger charge is 2.24. The molecule has 1 aromatic carbocycles. The number of carbonyl (C=O) groups excluding carboxylic acids is 2. The maximum atomic E-state index is 11.9. The van der Waals surface area contributed by atoms with Gasteiger partial charge in [0.1, 0.15) is 0 Å². The molecule has 0 bridgehead atoms. The van der Waals surface area contributed by atoms with Crippen molar-refractivity contribution in [3.05, 3.63) is 23.3 Å². The molecule has 0 aliphatic carbocycles. The summed E-state index contributed by atoms with van der Waals surface area (Å²) in [5.74, 6) is -0.242. The van der Waals surface area contributed by atoms with E-state index < -0.39 is 0 Å². The summed E-state index contributed by atoms with van der Waals surface area (Å²) < 4.78 is 0. The van der Waals surface area contributed by atoms with Crippen molar-refractivity contribution in [2.75, 3.05) is 23.3 Å². The van der Waals surface area contributed by atoms with Gasteiger partial charge in [0.05, 0.1) is 17.9 Å². The molecule has 1 aliphatic rings. The molecule has 0 unspecified atom stereocenters. The third-order valence-electron chi connectivity index (χ3n) is 3.03. The number of benzene rings is 1. The maximum Gasteiger partial charge on any atom is 0.240 e. The number of anilines is 2. The number of hydrogen-bond donors (Lipinski definition) is 2. The minimum Gasteiger partial charge on any atom is -0.324 e. The SMILES string of the molecule is Cc1cc(C)c2c(c1)NC(=O)CCN2C(=O)CN. The molecule has 0 atom stereocenters. The monoisotopic (exact) mass is 247 g/mol. The van der Waals surface area contributed by atoms with E-state index in [1.807, 2.05) is 26.0 Å². The second kappa shape index (κ2) is 4.78. The maximum absolute atomic E-state index is 11.9. The number of nitrogens with one attached hydrogen (secondary N) is 1. The Morgan fingerprint density at radius 1 is 1.44 bits per heavy atom. The highest BCUT2D eigenvalue weighted by atomic mass is 16.2. The largest absolute Gasteiger partial charge is 0.324 e. The van der Waals surface area contributed by atoms with E-state index in [4.69, 9.17) is 5.73 Å². The first-order valence-corrected chi connectivity index (χ1v) is 5.94. The molecule has 5 heteroatoms. The summed E-state index contributed by atoms with van der Waals surface area (Å²) in [5.41, 5.74) is 8.90. The Morgan fingerprint density at radius 2 is 2.17 bits per heavy atom. The van der Waals surface area contributed by atoms with E-state index in [2.05, 4.69) is 5.32 Å². The van der Waals surface area contributed by atoms with Crippen molar-refractivity contribution in [1.82, 2.24) is 0 Å². The topological polar surface area (TPSA) is 75.4 Å². The Kier molecular flexibility index (Phi) is 3.34. The van der Waals surface area contributed by atoms with Crippen molar-refractivity contribution in [1.29, 1.82) is 0 Å². The molecule has 2 rings (SSSR count). The Morgan fingerprint density at radius 3 is 2.83 bits per heavy atom. The first kappa shape index (κ1) is 12.6. The number of amides is 2. The van der Waals surface area contributed by atoms with Gasteiger partial charge in [0, 0.05) is 13.0 Å². The van der Waals surface area contributed by atoms with Crippen LogP contribution in [0.2, 0.25) is 0 Å². The summed E-state index contributed by atoms with van der Waals surface area (Å²) in [6, 6.07) is 3.87. The second-order valence-corrected chi connectivity index (χ2v) is 4.53. The number of hydrogen-bond acceptors (Lipinski definition) is 3. The Labute approximate surface area is 106 Å². The Bertz CT molecular complexity index is 511. The summed E-state index contributed by atoms with van der Waals surface area (Å²) >= 11 is 0. The van der Waals surface area contributed by atoms with Gasteiger partial charge in [-0.2, -0.15) is 0 Å². The van der Waals surface area contributed by atoms with Crippen molar-refractivity contribution >= 4 is 23.2 Å². The van der Waals surface area contributed by atoms with Gasteiger partial charge in [0.25, 0.3) is 0 Å². The van der Waals surface area contributed by atoms with E-state index in [1.165, 1.54) is 0 Å². The average molecular weight is 247 g/mol. The molecule has 0 aromatic heterocycles. The van der Waals surface area contributed by atoms with Gasteiger partial charge in [-0.15, -0.1) is 0 Å². The first-order valence-electron chi connectivity index (χ1n) is 5.94. The third kappa shape index (κ3) is 2.22. The van der Waals surface area contributed by atoms with Crippen LogP contribution in [0.3, 0.4) is 0 Å². The molecular weight excluding hydrogens is 230 g/mol. The number of nitrogens with zero attached hydrogens (tertiary/aromatic N) is 1. The minimum absolute atomic E-state index is 0.0546. The lowest BCUT2D eigenvalue weighted by atomic mass is 10.1. The highest BCUT2D eigenvalue weighted by molar-refractivity contribution is 6.05. The van der Waals surface area contributed by atoms with Gasteiger partial charge in [-0.3, -0.25) is 9.59 Å². The molecule has 96 valence electrons. The second-order valence-electron chi connectivity index (χ2n) is 4.53. The van der Waals surface area contributed by atoms with Crippen LogP contribution < -0.4 is 16.0 Å². The zero-order valence-corrected chi connectivity index (χ0v) is 10.6. The van der Waals surface area contributed by atoms with Gasteiger partial charge < -0.3 is 16.0 Å². The number of fused-ring (bicyclic) bond motifs is 1. The molecule has 0 spiro atoms. The van der Waals surface area contributed by atoms with Gasteiger partial charge in [-0.05, 0) is 31.0 Å². The molecule has 1 aromatic rings. The van der Waals surface area contributed by atoms with E-state index in [0.29, 0.717) is 18.7 Å². The molecule has 1 heterocycles. The van der Waals surface area contributed by atoms with Gasteiger partial charge >= 0.3 is 0 Å². The van der Waals surface area contributed by atoms with Crippen LogP contribution in [0, 0.1) is 13.8 Å². The first-order chi connectivity index (χ1) is 8.52. The molecule has 1 aliphatic heterocycles. The van der Waals surface area contributed by atoms with E-state index >= 15 is 0 Å². The number of carbonyl (C=O) groups is 2. The molecule has 5 nitrogen and oxygen atoms in total. The normalized spacial score (nSPS) is 14.8. The van der Waals surface area contributed by atoms with Crippen LogP contribution in [0.5, 0.6) is 0 Å². The van der Waals surface area contributed by atoms with Crippen LogP contribution in [-0.2, 0) is 9.59 Å². The third-order valence-corrected chi connectivity index (χ3v) is 3.03. The fourth-order valence-electron chi connectivity index (χ4n) is 2.31. The van der Waals surface area contributed by atoms with Crippen LogP contribution in [0.25, 0.3) is 0 Å². The number of aryl methyl sites for hydroxylation is 2.